The third kappa shape index (κ3) is 9.41. The van der Waals surface area contributed by atoms with Crippen LogP contribution in [0.1, 0.15) is 54.3 Å². The van der Waals surface area contributed by atoms with Gasteiger partial charge in [-0.3, -0.25) is 9.59 Å². The van der Waals surface area contributed by atoms with Gasteiger partial charge in [-0.05, 0) is 32.0 Å². The molecule has 1 saturated heterocycles. The van der Waals surface area contributed by atoms with Crippen LogP contribution in [0.4, 0.5) is 4.39 Å². The third-order valence-electron chi connectivity index (χ3n) is 6.84. The second-order valence-electron chi connectivity index (χ2n) is 10.2. The van der Waals surface area contributed by atoms with E-state index in [0.717, 1.165) is 12.8 Å². The van der Waals surface area contributed by atoms with Crippen LogP contribution < -0.4 is 5.32 Å². The van der Waals surface area contributed by atoms with Crippen molar-refractivity contribution in [2.24, 2.45) is 5.92 Å². The fraction of sp³-hybridized carbons (Fsp3) is 0.429. The van der Waals surface area contributed by atoms with Crippen molar-refractivity contribution in [2.45, 2.75) is 50.4 Å². The zero-order chi connectivity index (χ0) is 32.4. The molecule has 0 saturated carbocycles. The number of carboxylic acid groups (broad SMARTS) is 2. The Morgan fingerprint density at radius 1 is 1.09 bits per heavy atom. The van der Waals surface area contributed by atoms with Gasteiger partial charge in [0.15, 0.2) is 23.1 Å². The van der Waals surface area contributed by atoms with Gasteiger partial charge < -0.3 is 40.1 Å². The number of aliphatic hydroxyl groups is 2. The van der Waals surface area contributed by atoms with Gasteiger partial charge in [0.1, 0.15) is 23.6 Å². The minimum Gasteiger partial charge on any atom is -0.479 e. The van der Waals surface area contributed by atoms with Crippen molar-refractivity contribution in [1.82, 2.24) is 25.3 Å². The number of carbonyl (C=O) groups excluding carboxylic acids is 2. The number of unbranched alkanes of at least 4 members (excludes halogenated alkanes) is 2. The first-order valence-corrected chi connectivity index (χ1v) is 14.0. The fourth-order valence-electron chi connectivity index (χ4n) is 4.39. The molecule has 3 aromatic rings. The van der Waals surface area contributed by atoms with Crippen molar-refractivity contribution in [3.05, 3.63) is 59.0 Å². The molecule has 0 aliphatic carbocycles. The van der Waals surface area contributed by atoms with Crippen LogP contribution in [0.15, 0.2) is 41.1 Å². The quantitative estimate of drug-likeness (QED) is 0.111. The second kappa shape index (κ2) is 16.0. The highest BCUT2D eigenvalue weighted by Crippen LogP contribution is 2.30. The van der Waals surface area contributed by atoms with E-state index in [9.17, 15) is 23.6 Å². The highest BCUT2D eigenvalue weighted by Gasteiger charge is 2.32. The standard InChI is InChI=1S/C24H27ClFN5O3.C4H6O6/c1-31-13-15(14-31)24(33)27-19(9-3-2-4-10-20(32)18-11-12-34-30-18)21-22(25)29-23(28-21)16-7-5-6-8-17(16)26;5-1(3(7)8)2(6)4(9)10/h5-8,11-12,15,19H,2-4,9-10,13-14H2,1H3,(H,27,33)(H,28,29);1-2,5-6H,(H,7,8)(H,9,10)/t19-;1-,2-/m01/s1. The van der Waals surface area contributed by atoms with Gasteiger partial charge in [-0.15, -0.1) is 0 Å². The first-order chi connectivity index (χ1) is 20.9. The molecule has 0 radical (unpaired) electrons. The van der Waals surface area contributed by atoms with Gasteiger partial charge in [-0.1, -0.05) is 41.7 Å². The summed E-state index contributed by atoms with van der Waals surface area (Å²) in [6.07, 6.45) is 0.0573. The Morgan fingerprint density at radius 3 is 2.32 bits per heavy atom. The summed E-state index contributed by atoms with van der Waals surface area (Å²) < 4.78 is 19.0. The summed E-state index contributed by atoms with van der Waals surface area (Å²) in [7, 11) is 1.97. The van der Waals surface area contributed by atoms with Gasteiger partial charge in [0.05, 0.1) is 23.2 Å². The Bertz CT molecular complexity index is 1410. The number of aromatic nitrogens is 3. The van der Waals surface area contributed by atoms with E-state index >= 15 is 0 Å². The zero-order valence-electron chi connectivity index (χ0n) is 23.7. The normalized spacial score (nSPS) is 15.3. The van der Waals surface area contributed by atoms with E-state index in [4.69, 9.17) is 36.6 Å². The fourth-order valence-corrected chi connectivity index (χ4v) is 4.65. The van der Waals surface area contributed by atoms with Crippen molar-refractivity contribution in [3.63, 3.8) is 0 Å². The van der Waals surface area contributed by atoms with Crippen molar-refractivity contribution < 1.29 is 48.5 Å². The summed E-state index contributed by atoms with van der Waals surface area (Å²) in [6.45, 7) is 1.42. The predicted octanol–water partition coefficient (Wildman–Crippen LogP) is 2.29. The van der Waals surface area contributed by atoms with Gasteiger partial charge in [0.25, 0.3) is 0 Å². The van der Waals surface area contributed by atoms with Crippen molar-refractivity contribution in [2.75, 3.05) is 20.1 Å². The van der Waals surface area contributed by atoms with E-state index < -0.39 is 36.0 Å². The van der Waals surface area contributed by atoms with E-state index in [1.807, 2.05) is 7.05 Å². The number of halogens is 2. The summed E-state index contributed by atoms with van der Waals surface area (Å²) in [5.74, 6) is -3.79. The van der Waals surface area contributed by atoms with Gasteiger partial charge in [0.2, 0.25) is 5.91 Å². The number of imidazole rings is 1. The number of benzene rings is 1. The SMILES string of the molecule is CN1CC(C(=O)N[C@@H](CCCCCC(=O)c2ccon2)c2[nH]c(-c3ccccc3F)nc2Cl)C1.O=C(O)[C@H](O)[C@@H](O)C(=O)O. The Hall–Kier alpha value is -4.18. The number of H-pyrrole nitrogens is 1. The number of hydrogen-bond acceptors (Lipinski definition) is 10. The number of hydrogen-bond donors (Lipinski definition) is 6. The van der Waals surface area contributed by atoms with E-state index in [2.05, 4.69) is 25.3 Å². The van der Waals surface area contributed by atoms with Crippen LogP contribution in [0, 0.1) is 11.7 Å². The lowest BCUT2D eigenvalue weighted by Gasteiger charge is -2.35. The molecule has 1 fully saturated rings. The molecule has 0 spiro atoms. The predicted molar refractivity (Wildman–Crippen MR) is 152 cm³/mol. The molecule has 4 rings (SSSR count). The highest BCUT2D eigenvalue weighted by atomic mass is 35.5. The summed E-state index contributed by atoms with van der Waals surface area (Å²) in [4.78, 5) is 53.9. The Morgan fingerprint density at radius 2 is 1.75 bits per heavy atom. The number of aliphatic carboxylic acids is 2. The van der Waals surface area contributed by atoms with Crippen LogP contribution in [-0.4, -0.2) is 96.4 Å². The maximum atomic E-state index is 14.3. The maximum absolute atomic E-state index is 14.3. The molecular formula is C28H33ClFN5O9. The van der Waals surface area contributed by atoms with E-state index in [1.54, 1.807) is 24.3 Å². The lowest BCUT2D eigenvalue weighted by atomic mass is 9.98. The monoisotopic (exact) mass is 637 g/mol. The molecule has 1 aliphatic heterocycles. The molecular weight excluding hydrogens is 605 g/mol. The number of rotatable bonds is 14. The summed E-state index contributed by atoms with van der Waals surface area (Å²) >= 11 is 6.43. The number of likely N-dealkylation sites (tertiary alicyclic amines) is 1. The largest absolute Gasteiger partial charge is 0.479 e. The van der Waals surface area contributed by atoms with Gasteiger partial charge in [-0.2, -0.15) is 0 Å². The van der Waals surface area contributed by atoms with Gasteiger partial charge in [-0.25, -0.2) is 19.0 Å². The average molecular weight is 638 g/mol. The second-order valence-corrected chi connectivity index (χ2v) is 10.6. The smallest absolute Gasteiger partial charge is 0.335 e. The molecule has 1 amide bonds. The number of ketones is 1. The molecule has 0 unspecified atom stereocenters. The maximum Gasteiger partial charge on any atom is 0.335 e. The molecule has 0 bridgehead atoms. The van der Waals surface area contributed by atoms with Gasteiger partial charge in [0, 0.05) is 25.6 Å². The van der Waals surface area contributed by atoms with Gasteiger partial charge >= 0.3 is 11.9 Å². The van der Waals surface area contributed by atoms with Crippen LogP contribution in [0.3, 0.4) is 0 Å². The summed E-state index contributed by atoms with van der Waals surface area (Å²) in [5, 5.41) is 39.5. The number of aliphatic hydroxyl groups excluding tert-OH is 2. The molecule has 1 aliphatic rings. The lowest BCUT2D eigenvalue weighted by Crippen LogP contribution is -2.52. The molecule has 44 heavy (non-hydrogen) atoms. The molecule has 1 aromatic carbocycles. The van der Waals surface area contributed by atoms with Crippen LogP contribution >= 0.6 is 11.6 Å². The van der Waals surface area contributed by atoms with E-state index in [-0.39, 0.29) is 22.8 Å². The molecule has 16 heteroatoms. The molecule has 3 atom stereocenters. The zero-order valence-corrected chi connectivity index (χ0v) is 24.4. The molecule has 238 valence electrons. The minimum atomic E-state index is -2.27. The number of amides is 1. The average Bonchev–Trinajstić information content (AvgIpc) is 3.64. The number of carboxylic acids is 2. The molecule has 2 aromatic heterocycles. The Balaban J connectivity index is 0.000000456. The molecule has 3 heterocycles. The Labute approximate surface area is 255 Å². The number of nitrogens with one attached hydrogen (secondary N) is 2. The van der Waals surface area contributed by atoms with Crippen LogP contribution in [-0.2, 0) is 14.4 Å². The van der Waals surface area contributed by atoms with E-state index in [1.165, 1.54) is 12.3 Å². The third-order valence-corrected chi connectivity index (χ3v) is 7.13. The van der Waals surface area contributed by atoms with E-state index in [0.29, 0.717) is 55.1 Å². The van der Waals surface area contributed by atoms with Crippen molar-refractivity contribution in [1.29, 1.82) is 0 Å². The summed E-state index contributed by atoms with van der Waals surface area (Å²) in [6, 6.07) is 7.47. The van der Waals surface area contributed by atoms with Crippen LogP contribution in [0.2, 0.25) is 5.15 Å². The number of Topliss-reactive ketones (excluding diaryl/α,β-unsaturated/α-hetero) is 1. The number of aromatic amines is 1. The van der Waals surface area contributed by atoms with Crippen LogP contribution in [0.5, 0.6) is 0 Å². The minimum absolute atomic E-state index is 0.0394. The summed E-state index contributed by atoms with van der Waals surface area (Å²) in [5.41, 5.74) is 1.20. The number of nitrogens with zero attached hydrogens (tertiary/aromatic N) is 3. The Kier molecular flexibility index (Phi) is 12.5. The molecule has 14 nitrogen and oxygen atoms in total. The van der Waals surface area contributed by atoms with Crippen molar-refractivity contribution in [3.8, 4) is 11.4 Å². The van der Waals surface area contributed by atoms with Crippen LogP contribution in [0.25, 0.3) is 11.4 Å². The van der Waals surface area contributed by atoms with Crippen molar-refractivity contribution >= 4 is 35.2 Å². The lowest BCUT2D eigenvalue weighted by molar-refractivity contribution is -0.165. The number of carbonyl (C=O) groups is 4. The molecule has 6 N–H and O–H groups in total. The first kappa shape index (κ1) is 34.3. The highest BCUT2D eigenvalue weighted by molar-refractivity contribution is 6.30. The first-order valence-electron chi connectivity index (χ1n) is 13.6. The topological polar surface area (TPSA) is 219 Å².